The molecule has 2 aromatic carbocycles. The zero-order chi connectivity index (χ0) is 21.6. The van der Waals surface area contributed by atoms with Crippen LogP contribution in [0.4, 0.5) is 0 Å². The molecule has 0 bridgehead atoms. The zero-order valence-corrected chi connectivity index (χ0v) is 18.0. The number of nitrogens with one attached hydrogen (secondary N) is 1. The predicted octanol–water partition coefficient (Wildman–Crippen LogP) is 4.80. The van der Waals surface area contributed by atoms with Crippen LogP contribution in [0.25, 0.3) is 0 Å². The Labute approximate surface area is 186 Å². The molecule has 5 nitrogen and oxygen atoms in total. The Morgan fingerprint density at radius 1 is 1.00 bits per heavy atom. The van der Waals surface area contributed by atoms with Gasteiger partial charge in [-0.25, -0.2) is 0 Å². The topological polar surface area (TPSA) is 60.3 Å². The summed E-state index contributed by atoms with van der Waals surface area (Å²) in [7, 11) is 0. The number of carbonyl (C=O) groups is 1. The average Bonchev–Trinajstić information content (AvgIpc) is 3.29. The lowest BCUT2D eigenvalue weighted by Gasteiger charge is -2.17. The predicted molar refractivity (Wildman–Crippen MR) is 122 cm³/mol. The summed E-state index contributed by atoms with van der Waals surface area (Å²) in [5, 5.41) is 3.53. The fourth-order valence-electron chi connectivity index (χ4n) is 3.83. The average molecular weight is 437 g/mol. The molecule has 0 atom stereocenters. The summed E-state index contributed by atoms with van der Waals surface area (Å²) < 4.78 is 7.64. The number of para-hydroxylation sites is 1. The summed E-state index contributed by atoms with van der Waals surface area (Å²) in [5.74, 6) is 0.571. The molecule has 160 valence electrons. The third-order valence-electron chi connectivity index (χ3n) is 5.55. The highest BCUT2D eigenvalue weighted by Crippen LogP contribution is 2.26. The Hall–Kier alpha value is -3.05. The maximum absolute atomic E-state index is 12.8. The first-order chi connectivity index (χ1) is 15.1. The molecule has 1 aromatic heterocycles. The van der Waals surface area contributed by atoms with Gasteiger partial charge in [-0.1, -0.05) is 48.0 Å². The van der Waals surface area contributed by atoms with E-state index in [1.165, 1.54) is 23.5 Å². The molecule has 1 fully saturated rings. The molecule has 1 heterocycles. The van der Waals surface area contributed by atoms with Gasteiger partial charge in [-0.2, -0.15) is 0 Å². The second-order valence-corrected chi connectivity index (χ2v) is 8.20. The quantitative estimate of drug-likeness (QED) is 0.578. The summed E-state index contributed by atoms with van der Waals surface area (Å²) in [6.45, 7) is 0.656. The van der Waals surface area contributed by atoms with Crippen molar-refractivity contribution in [2.75, 3.05) is 0 Å². The minimum atomic E-state index is -0.247. The van der Waals surface area contributed by atoms with E-state index in [0.717, 1.165) is 29.7 Å². The van der Waals surface area contributed by atoms with Crippen molar-refractivity contribution in [3.05, 3.63) is 98.9 Å². The molecule has 1 amide bonds. The van der Waals surface area contributed by atoms with Crippen molar-refractivity contribution in [2.45, 2.75) is 44.9 Å². The van der Waals surface area contributed by atoms with Crippen LogP contribution < -0.4 is 15.6 Å². The smallest absolute Gasteiger partial charge is 0.253 e. The van der Waals surface area contributed by atoms with Gasteiger partial charge in [0.15, 0.2) is 0 Å². The van der Waals surface area contributed by atoms with Crippen LogP contribution in [0.2, 0.25) is 5.02 Å². The maximum atomic E-state index is 12.8. The zero-order valence-electron chi connectivity index (χ0n) is 17.2. The number of rotatable bonds is 7. The van der Waals surface area contributed by atoms with Gasteiger partial charge in [-0.05, 0) is 49.4 Å². The van der Waals surface area contributed by atoms with Gasteiger partial charge in [0.1, 0.15) is 5.75 Å². The van der Waals surface area contributed by atoms with Crippen LogP contribution in [0.5, 0.6) is 5.75 Å². The Bertz CT molecular complexity index is 1120. The number of halogens is 1. The molecule has 1 saturated carbocycles. The Morgan fingerprint density at radius 2 is 1.71 bits per heavy atom. The van der Waals surface area contributed by atoms with Crippen molar-refractivity contribution < 1.29 is 9.53 Å². The molecule has 0 unspecified atom stereocenters. The standard InChI is InChI=1S/C25H25ClN2O3/c26-22-11-5-1-8-19(22)16-28-17-20(13-14-24(28)29)25(30)27-15-18-7-2-6-12-23(18)31-21-9-3-4-10-21/h1-2,5-8,11-14,17,21H,3-4,9-10,15-16H2,(H,27,30). The highest BCUT2D eigenvalue weighted by Gasteiger charge is 2.18. The number of aromatic nitrogens is 1. The lowest BCUT2D eigenvalue weighted by Crippen LogP contribution is -2.27. The van der Waals surface area contributed by atoms with Gasteiger partial charge < -0.3 is 14.6 Å². The van der Waals surface area contributed by atoms with Gasteiger partial charge in [-0.15, -0.1) is 0 Å². The highest BCUT2D eigenvalue weighted by atomic mass is 35.5. The largest absolute Gasteiger partial charge is 0.490 e. The van der Waals surface area contributed by atoms with Gasteiger partial charge in [0.05, 0.1) is 18.2 Å². The number of hydrogen-bond acceptors (Lipinski definition) is 3. The normalized spacial score (nSPS) is 13.8. The van der Waals surface area contributed by atoms with E-state index >= 15 is 0 Å². The molecular formula is C25H25ClN2O3. The van der Waals surface area contributed by atoms with E-state index in [0.29, 0.717) is 23.7 Å². The van der Waals surface area contributed by atoms with E-state index in [9.17, 15) is 9.59 Å². The van der Waals surface area contributed by atoms with E-state index in [4.69, 9.17) is 16.3 Å². The van der Waals surface area contributed by atoms with Crippen molar-refractivity contribution in [3.63, 3.8) is 0 Å². The van der Waals surface area contributed by atoms with Crippen LogP contribution in [0.3, 0.4) is 0 Å². The number of benzene rings is 2. The first kappa shape index (κ1) is 21.2. The number of amides is 1. The minimum Gasteiger partial charge on any atom is -0.490 e. The number of hydrogen-bond donors (Lipinski definition) is 1. The van der Waals surface area contributed by atoms with Gasteiger partial charge in [0.2, 0.25) is 0 Å². The van der Waals surface area contributed by atoms with Gasteiger partial charge in [-0.3, -0.25) is 9.59 Å². The Morgan fingerprint density at radius 3 is 2.48 bits per heavy atom. The van der Waals surface area contributed by atoms with E-state index < -0.39 is 0 Å². The van der Waals surface area contributed by atoms with Crippen LogP contribution >= 0.6 is 11.6 Å². The van der Waals surface area contributed by atoms with Crippen LogP contribution in [0.1, 0.15) is 47.2 Å². The molecule has 0 spiro atoms. The van der Waals surface area contributed by atoms with E-state index in [1.807, 2.05) is 42.5 Å². The van der Waals surface area contributed by atoms with E-state index in [2.05, 4.69) is 5.32 Å². The summed E-state index contributed by atoms with van der Waals surface area (Å²) in [6.07, 6.45) is 6.38. The van der Waals surface area contributed by atoms with Crippen molar-refractivity contribution >= 4 is 17.5 Å². The second kappa shape index (κ2) is 9.84. The van der Waals surface area contributed by atoms with E-state index in [1.54, 1.807) is 18.3 Å². The third kappa shape index (κ3) is 5.36. The summed E-state index contributed by atoms with van der Waals surface area (Å²) in [6, 6.07) is 18.1. The monoisotopic (exact) mass is 436 g/mol. The molecule has 31 heavy (non-hydrogen) atoms. The third-order valence-corrected chi connectivity index (χ3v) is 5.92. The van der Waals surface area contributed by atoms with Crippen molar-refractivity contribution in [2.24, 2.45) is 0 Å². The molecule has 4 rings (SSSR count). The summed E-state index contributed by atoms with van der Waals surface area (Å²) >= 11 is 6.22. The minimum absolute atomic E-state index is 0.188. The Balaban J connectivity index is 1.45. The summed E-state index contributed by atoms with van der Waals surface area (Å²) in [4.78, 5) is 25.0. The fourth-order valence-corrected chi connectivity index (χ4v) is 4.02. The van der Waals surface area contributed by atoms with Gasteiger partial charge in [0.25, 0.3) is 11.5 Å². The maximum Gasteiger partial charge on any atom is 0.253 e. The highest BCUT2D eigenvalue weighted by molar-refractivity contribution is 6.31. The van der Waals surface area contributed by atoms with E-state index in [-0.39, 0.29) is 17.6 Å². The van der Waals surface area contributed by atoms with Crippen molar-refractivity contribution in [1.82, 2.24) is 9.88 Å². The first-order valence-corrected chi connectivity index (χ1v) is 10.9. The second-order valence-electron chi connectivity index (χ2n) is 7.79. The lowest BCUT2D eigenvalue weighted by molar-refractivity contribution is 0.0949. The number of carbonyl (C=O) groups excluding carboxylic acids is 1. The molecule has 1 aliphatic rings. The van der Waals surface area contributed by atoms with Crippen molar-refractivity contribution in [1.29, 1.82) is 0 Å². The molecule has 3 aromatic rings. The molecule has 0 aliphatic heterocycles. The van der Waals surface area contributed by atoms with Crippen LogP contribution in [0, 0.1) is 0 Å². The number of pyridine rings is 1. The molecule has 1 N–H and O–H groups in total. The van der Waals surface area contributed by atoms with Gasteiger partial charge >= 0.3 is 0 Å². The lowest BCUT2D eigenvalue weighted by atomic mass is 10.1. The molecule has 0 saturated heterocycles. The number of ether oxygens (including phenoxy) is 1. The summed E-state index contributed by atoms with van der Waals surface area (Å²) in [5.41, 5.74) is 1.99. The fraction of sp³-hybridized carbons (Fsp3) is 0.280. The molecule has 0 radical (unpaired) electrons. The van der Waals surface area contributed by atoms with Crippen molar-refractivity contribution in [3.8, 4) is 5.75 Å². The van der Waals surface area contributed by atoms with Crippen LogP contribution in [0.15, 0.2) is 71.7 Å². The molecule has 6 heteroatoms. The van der Waals surface area contributed by atoms with Crippen LogP contribution in [-0.2, 0) is 13.1 Å². The number of nitrogens with zero attached hydrogens (tertiary/aromatic N) is 1. The Kier molecular flexibility index (Phi) is 6.73. The van der Waals surface area contributed by atoms with Gasteiger partial charge in [0, 0.05) is 29.4 Å². The first-order valence-electron chi connectivity index (χ1n) is 10.6. The van der Waals surface area contributed by atoms with Crippen LogP contribution in [-0.4, -0.2) is 16.6 Å². The molecule has 1 aliphatic carbocycles. The molecular weight excluding hydrogens is 412 g/mol. The SMILES string of the molecule is O=C(NCc1ccccc1OC1CCCC1)c1ccc(=O)n(Cc2ccccc2Cl)c1.